The monoisotopic (exact) mass is 281 g/mol. The number of allylic oxidation sites excluding steroid dienone is 2. The van der Waals surface area contributed by atoms with Crippen molar-refractivity contribution in [2.45, 2.75) is 59.9 Å². The lowest BCUT2D eigenvalue weighted by molar-refractivity contribution is -0.117. The topological polar surface area (TPSA) is 69.9 Å². The van der Waals surface area contributed by atoms with Crippen LogP contribution in [-0.2, 0) is 4.79 Å². The lowest BCUT2D eigenvalue weighted by atomic mass is 9.75. The minimum Gasteiger partial charge on any atom is -0.511 e. The van der Waals surface area contributed by atoms with Crippen LogP contribution in [0.25, 0.3) is 0 Å². The fourth-order valence-electron chi connectivity index (χ4n) is 2.75. The number of ketones is 1. The molecule has 1 aliphatic carbocycles. The van der Waals surface area contributed by atoms with E-state index in [1.807, 2.05) is 13.8 Å². The summed E-state index contributed by atoms with van der Waals surface area (Å²) in [6.07, 6.45) is 1.68. The summed E-state index contributed by atoms with van der Waals surface area (Å²) in [5.41, 5.74) is 0.702. The van der Waals surface area contributed by atoms with E-state index in [4.69, 9.17) is 0 Å². The van der Waals surface area contributed by atoms with E-state index in [0.717, 1.165) is 6.42 Å². The first-order chi connectivity index (χ1) is 9.16. The molecule has 0 saturated heterocycles. The van der Waals surface area contributed by atoms with Gasteiger partial charge in [-0.25, -0.2) is 0 Å². The molecular formula is C16H27NO3. The van der Waals surface area contributed by atoms with Crippen LogP contribution in [0.5, 0.6) is 0 Å². The van der Waals surface area contributed by atoms with Gasteiger partial charge in [0.2, 0.25) is 0 Å². The predicted octanol–water partition coefficient (Wildman–Crippen LogP) is 3.06. The summed E-state index contributed by atoms with van der Waals surface area (Å²) in [4.78, 5) is 16.6. The van der Waals surface area contributed by atoms with E-state index in [2.05, 4.69) is 18.8 Å². The van der Waals surface area contributed by atoms with E-state index in [0.29, 0.717) is 30.0 Å². The number of rotatable bonds is 5. The van der Waals surface area contributed by atoms with Crippen molar-refractivity contribution in [3.8, 4) is 0 Å². The number of Topliss-reactive ketones (excluding diaryl/α,β-unsaturated/α-hetero) is 1. The molecule has 4 heteroatoms. The van der Waals surface area contributed by atoms with Crippen molar-refractivity contribution in [3.05, 3.63) is 11.3 Å². The third-order valence-corrected chi connectivity index (χ3v) is 3.54. The van der Waals surface area contributed by atoms with Gasteiger partial charge in [0, 0.05) is 18.6 Å². The molecule has 114 valence electrons. The molecule has 0 heterocycles. The van der Waals surface area contributed by atoms with E-state index in [1.54, 1.807) is 6.92 Å². The number of carbonyl (C=O) groups is 1. The number of aliphatic hydroxyl groups is 2. The second-order valence-electron chi connectivity index (χ2n) is 6.94. The van der Waals surface area contributed by atoms with Crippen LogP contribution in [0, 0.1) is 11.3 Å². The Bertz CT molecular complexity index is 433. The van der Waals surface area contributed by atoms with Crippen molar-refractivity contribution in [3.63, 3.8) is 0 Å². The zero-order chi connectivity index (χ0) is 15.5. The van der Waals surface area contributed by atoms with Crippen LogP contribution < -0.4 is 0 Å². The Morgan fingerprint density at radius 2 is 1.95 bits per heavy atom. The van der Waals surface area contributed by atoms with Gasteiger partial charge in [0.1, 0.15) is 5.76 Å². The smallest absolute Gasteiger partial charge is 0.168 e. The van der Waals surface area contributed by atoms with Gasteiger partial charge in [0.05, 0.1) is 18.2 Å². The Morgan fingerprint density at radius 3 is 2.40 bits per heavy atom. The van der Waals surface area contributed by atoms with Crippen molar-refractivity contribution >= 4 is 11.5 Å². The number of nitrogens with zero attached hydrogens (tertiary/aromatic N) is 1. The van der Waals surface area contributed by atoms with Crippen LogP contribution in [0.15, 0.2) is 16.3 Å². The Balaban J connectivity index is 3.00. The highest BCUT2D eigenvalue weighted by Gasteiger charge is 2.34. The Morgan fingerprint density at radius 1 is 1.35 bits per heavy atom. The fraction of sp³-hybridized carbons (Fsp3) is 0.750. The molecule has 0 unspecified atom stereocenters. The number of carbonyl (C=O) groups excluding carboxylic acids is 1. The van der Waals surface area contributed by atoms with Crippen molar-refractivity contribution < 1.29 is 15.0 Å². The molecule has 1 aliphatic rings. The van der Waals surface area contributed by atoms with Crippen molar-refractivity contribution in [1.82, 2.24) is 0 Å². The number of hydrogen-bond acceptors (Lipinski definition) is 4. The minimum atomic E-state index is -0.210. The normalized spacial score (nSPS) is 21.6. The maximum Gasteiger partial charge on any atom is 0.168 e. The number of aliphatic imine (C=N–C) groups is 1. The summed E-state index contributed by atoms with van der Waals surface area (Å²) >= 11 is 0. The van der Waals surface area contributed by atoms with E-state index < -0.39 is 0 Å². The standard InChI is InChI=1S/C16H27NO3/c1-10(2)6-12(9-18)17-11(3)15-13(19)7-16(4,5)8-14(15)20/h10,12,18-19H,6-9H2,1-5H3/t12-/m0/s1. The summed E-state index contributed by atoms with van der Waals surface area (Å²) in [7, 11) is 0. The molecule has 0 aromatic carbocycles. The van der Waals surface area contributed by atoms with Gasteiger partial charge >= 0.3 is 0 Å². The van der Waals surface area contributed by atoms with Crippen LogP contribution in [0.1, 0.15) is 53.9 Å². The molecule has 0 fully saturated rings. The van der Waals surface area contributed by atoms with Gasteiger partial charge in [-0.3, -0.25) is 9.79 Å². The first-order valence-electron chi connectivity index (χ1n) is 7.27. The van der Waals surface area contributed by atoms with Gasteiger partial charge in [-0.1, -0.05) is 27.7 Å². The van der Waals surface area contributed by atoms with E-state index >= 15 is 0 Å². The summed E-state index contributed by atoms with van der Waals surface area (Å²) in [6, 6.07) is -0.210. The fourth-order valence-corrected chi connectivity index (χ4v) is 2.75. The molecule has 1 rings (SSSR count). The zero-order valence-electron chi connectivity index (χ0n) is 13.2. The lowest BCUT2D eigenvalue weighted by Crippen LogP contribution is -2.29. The molecule has 20 heavy (non-hydrogen) atoms. The molecule has 0 spiro atoms. The summed E-state index contributed by atoms with van der Waals surface area (Å²) < 4.78 is 0. The van der Waals surface area contributed by atoms with Crippen LogP contribution in [-0.4, -0.2) is 34.4 Å². The van der Waals surface area contributed by atoms with Crippen molar-refractivity contribution in [2.75, 3.05) is 6.61 Å². The third-order valence-electron chi connectivity index (χ3n) is 3.54. The molecule has 1 atom stereocenters. The maximum absolute atomic E-state index is 12.2. The van der Waals surface area contributed by atoms with Gasteiger partial charge in [0.25, 0.3) is 0 Å². The molecule has 0 saturated carbocycles. The lowest BCUT2D eigenvalue weighted by Gasteiger charge is -2.29. The molecule has 2 N–H and O–H groups in total. The highest BCUT2D eigenvalue weighted by Crippen LogP contribution is 2.36. The molecule has 0 amide bonds. The Labute approximate surface area is 121 Å². The van der Waals surface area contributed by atoms with Crippen LogP contribution in [0.2, 0.25) is 0 Å². The molecular weight excluding hydrogens is 254 g/mol. The Hall–Kier alpha value is -1.16. The van der Waals surface area contributed by atoms with Gasteiger partial charge in [-0.05, 0) is 24.7 Å². The van der Waals surface area contributed by atoms with Crippen molar-refractivity contribution in [1.29, 1.82) is 0 Å². The van der Waals surface area contributed by atoms with Crippen LogP contribution in [0.3, 0.4) is 0 Å². The largest absolute Gasteiger partial charge is 0.511 e. The summed E-state index contributed by atoms with van der Waals surface area (Å²) in [6.45, 7) is 9.78. The molecule has 0 aliphatic heterocycles. The number of aliphatic hydroxyl groups excluding tert-OH is 2. The Kier molecular flexibility index (Phi) is 5.51. The summed E-state index contributed by atoms with van der Waals surface area (Å²) in [5.74, 6) is 0.502. The quantitative estimate of drug-likeness (QED) is 0.761. The molecule has 0 aromatic heterocycles. The average molecular weight is 281 g/mol. The molecule has 0 bridgehead atoms. The first kappa shape index (κ1) is 16.9. The predicted molar refractivity (Wildman–Crippen MR) is 81.1 cm³/mol. The van der Waals surface area contributed by atoms with Crippen molar-refractivity contribution in [2.24, 2.45) is 16.3 Å². The molecule has 0 radical (unpaired) electrons. The first-order valence-corrected chi connectivity index (χ1v) is 7.27. The van der Waals surface area contributed by atoms with E-state index in [9.17, 15) is 15.0 Å². The maximum atomic E-state index is 12.2. The zero-order valence-corrected chi connectivity index (χ0v) is 13.2. The van der Waals surface area contributed by atoms with Crippen LogP contribution in [0.4, 0.5) is 0 Å². The van der Waals surface area contributed by atoms with Crippen LogP contribution >= 0.6 is 0 Å². The minimum absolute atomic E-state index is 0.0384. The van der Waals surface area contributed by atoms with Gasteiger partial charge in [-0.15, -0.1) is 0 Å². The van der Waals surface area contributed by atoms with Gasteiger partial charge in [0.15, 0.2) is 5.78 Å². The highest BCUT2D eigenvalue weighted by molar-refractivity contribution is 6.22. The van der Waals surface area contributed by atoms with E-state index in [1.165, 1.54) is 0 Å². The second-order valence-corrected chi connectivity index (χ2v) is 6.94. The molecule has 0 aromatic rings. The number of hydrogen-bond donors (Lipinski definition) is 2. The SMILES string of the molecule is CC(=N[C@H](CO)CC(C)C)C1=C(O)CC(C)(C)CC1=O. The van der Waals surface area contributed by atoms with Gasteiger partial charge in [-0.2, -0.15) is 0 Å². The summed E-state index contributed by atoms with van der Waals surface area (Å²) in [5, 5.41) is 19.5. The second kappa shape index (κ2) is 6.53. The molecule has 4 nitrogen and oxygen atoms in total. The third kappa shape index (κ3) is 4.44. The van der Waals surface area contributed by atoms with Gasteiger partial charge < -0.3 is 10.2 Å². The average Bonchev–Trinajstić information content (AvgIpc) is 2.24. The van der Waals surface area contributed by atoms with E-state index in [-0.39, 0.29) is 29.6 Å². The highest BCUT2D eigenvalue weighted by atomic mass is 16.3.